The van der Waals surface area contributed by atoms with Gasteiger partial charge in [0.1, 0.15) is 5.75 Å². The molecule has 1 atom stereocenters. The van der Waals surface area contributed by atoms with Crippen molar-refractivity contribution in [3.63, 3.8) is 0 Å². The molecule has 3 aromatic rings. The van der Waals surface area contributed by atoms with E-state index in [0.29, 0.717) is 28.3 Å². The van der Waals surface area contributed by atoms with Crippen molar-refractivity contribution >= 4 is 23.1 Å². The van der Waals surface area contributed by atoms with Gasteiger partial charge in [0.2, 0.25) is 0 Å². The smallest absolute Gasteiger partial charge is 0.294 e. The summed E-state index contributed by atoms with van der Waals surface area (Å²) in [4.78, 5) is 28.3. The van der Waals surface area contributed by atoms with E-state index in [9.17, 15) is 14.7 Å². The number of methoxy groups -OCH3 is 1. The molecule has 0 aliphatic carbocycles. The normalized spacial score (nSPS) is 16.0. The maximum Gasteiger partial charge on any atom is 0.294 e. The molecular formula is C30H26N2O4. The minimum atomic E-state index is -0.803. The molecule has 36 heavy (non-hydrogen) atoms. The molecule has 3 N–H and O–H groups in total. The number of hydrogen-bond acceptors (Lipinski definition) is 5. The second-order valence-corrected chi connectivity index (χ2v) is 8.10. The number of amides is 1. The van der Waals surface area contributed by atoms with Crippen LogP contribution >= 0.6 is 0 Å². The van der Waals surface area contributed by atoms with E-state index in [4.69, 9.17) is 10.5 Å². The third-order valence-electron chi connectivity index (χ3n) is 5.92. The molecule has 1 aliphatic heterocycles. The van der Waals surface area contributed by atoms with Gasteiger partial charge in [0, 0.05) is 16.9 Å². The van der Waals surface area contributed by atoms with Crippen LogP contribution in [0.5, 0.6) is 5.75 Å². The number of rotatable bonds is 8. The predicted molar refractivity (Wildman–Crippen MR) is 142 cm³/mol. The number of hydrogen-bond donors (Lipinski definition) is 2. The number of aliphatic hydroxyl groups is 1. The summed E-state index contributed by atoms with van der Waals surface area (Å²) in [7, 11) is 1.54. The van der Waals surface area contributed by atoms with Crippen LogP contribution in [0.1, 0.15) is 27.5 Å². The standard InChI is InChI=1S/C30H26N2O4/c1-3-4-6-11-25(31)20-12-16-23(17-13-20)32-27(21-9-7-5-8-10-21)26(29(34)30(32)35)28(33)22-14-18-24(36-2)19-15-22/h3-19,27,34H,1,31H2,2H3/b6-4-,25-11-. The summed E-state index contributed by atoms with van der Waals surface area (Å²) < 4.78 is 5.18. The molecule has 0 saturated carbocycles. The molecule has 3 aromatic carbocycles. The van der Waals surface area contributed by atoms with E-state index in [2.05, 4.69) is 6.58 Å². The topological polar surface area (TPSA) is 92.9 Å². The number of nitrogens with two attached hydrogens (primary N) is 1. The summed E-state index contributed by atoms with van der Waals surface area (Å²) in [6, 6.07) is 22.0. The van der Waals surface area contributed by atoms with Crippen LogP contribution in [-0.2, 0) is 4.79 Å². The van der Waals surface area contributed by atoms with Crippen LogP contribution in [-0.4, -0.2) is 23.9 Å². The van der Waals surface area contributed by atoms with Gasteiger partial charge in [-0.25, -0.2) is 0 Å². The number of carbonyl (C=O) groups is 2. The molecule has 6 heteroatoms. The Kier molecular flexibility index (Phi) is 7.16. The van der Waals surface area contributed by atoms with E-state index in [1.165, 1.54) is 12.0 Å². The van der Waals surface area contributed by atoms with E-state index >= 15 is 0 Å². The molecule has 4 rings (SSSR count). The zero-order valence-electron chi connectivity index (χ0n) is 19.8. The van der Waals surface area contributed by atoms with Crippen LogP contribution in [0.2, 0.25) is 0 Å². The summed E-state index contributed by atoms with van der Waals surface area (Å²) in [6.45, 7) is 3.63. The highest BCUT2D eigenvalue weighted by atomic mass is 16.5. The molecule has 1 amide bonds. The molecule has 0 fully saturated rings. The summed E-state index contributed by atoms with van der Waals surface area (Å²) in [5.74, 6) is -1.05. The highest BCUT2D eigenvalue weighted by molar-refractivity contribution is 6.20. The Hall–Kier alpha value is -4.84. The monoisotopic (exact) mass is 478 g/mol. The van der Waals surface area contributed by atoms with Gasteiger partial charge in [-0.05, 0) is 53.6 Å². The average molecular weight is 479 g/mol. The van der Waals surface area contributed by atoms with Crippen LogP contribution in [0.15, 0.2) is 121 Å². The molecule has 180 valence electrons. The van der Waals surface area contributed by atoms with Gasteiger partial charge in [0.25, 0.3) is 5.91 Å². The van der Waals surface area contributed by atoms with Crippen LogP contribution in [0, 0.1) is 0 Å². The molecule has 0 saturated heterocycles. The predicted octanol–water partition coefficient (Wildman–Crippen LogP) is 5.52. The van der Waals surface area contributed by atoms with E-state index in [-0.39, 0.29) is 5.57 Å². The molecule has 0 bridgehead atoms. The first kappa shape index (κ1) is 24.3. The third kappa shape index (κ3) is 4.70. The van der Waals surface area contributed by atoms with Gasteiger partial charge in [-0.15, -0.1) is 0 Å². The molecular weight excluding hydrogens is 452 g/mol. The zero-order valence-corrected chi connectivity index (χ0v) is 19.8. The lowest BCUT2D eigenvalue weighted by atomic mass is 9.92. The van der Waals surface area contributed by atoms with Crippen molar-refractivity contribution in [1.29, 1.82) is 0 Å². The number of aliphatic hydroxyl groups excluding tert-OH is 1. The number of ketones is 1. The van der Waals surface area contributed by atoms with Gasteiger partial charge < -0.3 is 15.6 Å². The Morgan fingerprint density at radius 1 is 0.972 bits per heavy atom. The highest BCUT2D eigenvalue weighted by Gasteiger charge is 2.44. The number of allylic oxidation sites excluding steroid dienone is 4. The molecule has 6 nitrogen and oxygen atoms in total. The van der Waals surface area contributed by atoms with Crippen molar-refractivity contribution in [1.82, 2.24) is 0 Å². The lowest BCUT2D eigenvalue weighted by Crippen LogP contribution is -2.31. The first-order valence-electron chi connectivity index (χ1n) is 11.3. The fourth-order valence-electron chi connectivity index (χ4n) is 4.10. The van der Waals surface area contributed by atoms with E-state index in [1.807, 2.05) is 30.3 Å². The quantitative estimate of drug-likeness (QED) is 0.329. The van der Waals surface area contributed by atoms with Gasteiger partial charge in [-0.3, -0.25) is 14.5 Å². The Labute approximate surface area is 209 Å². The number of benzene rings is 3. The zero-order chi connectivity index (χ0) is 25.7. The van der Waals surface area contributed by atoms with Gasteiger partial charge in [0.05, 0.1) is 18.7 Å². The molecule has 1 unspecified atom stereocenters. The Morgan fingerprint density at radius 3 is 2.22 bits per heavy atom. The van der Waals surface area contributed by atoms with Crippen LogP contribution in [0.4, 0.5) is 5.69 Å². The average Bonchev–Trinajstić information content (AvgIpc) is 3.19. The second-order valence-electron chi connectivity index (χ2n) is 8.10. The third-order valence-corrected chi connectivity index (χ3v) is 5.92. The summed E-state index contributed by atoms with van der Waals surface area (Å²) in [5.41, 5.74) is 9.04. The minimum absolute atomic E-state index is 0.0226. The lowest BCUT2D eigenvalue weighted by Gasteiger charge is -2.27. The van der Waals surface area contributed by atoms with Crippen molar-refractivity contribution in [2.45, 2.75) is 6.04 Å². The maximum absolute atomic E-state index is 13.6. The summed E-state index contributed by atoms with van der Waals surface area (Å²) in [6.07, 6.45) is 6.96. The van der Waals surface area contributed by atoms with E-state index < -0.39 is 23.5 Å². The van der Waals surface area contributed by atoms with E-state index in [0.717, 1.165) is 5.56 Å². The van der Waals surface area contributed by atoms with Crippen molar-refractivity contribution in [3.8, 4) is 5.75 Å². The number of Topliss-reactive ketones (excluding diaryl/α,β-unsaturated/α-hetero) is 1. The first-order chi connectivity index (χ1) is 17.5. The van der Waals surface area contributed by atoms with Crippen molar-refractivity contribution in [2.24, 2.45) is 5.73 Å². The van der Waals surface area contributed by atoms with Gasteiger partial charge >= 0.3 is 0 Å². The minimum Gasteiger partial charge on any atom is -0.503 e. The summed E-state index contributed by atoms with van der Waals surface area (Å²) >= 11 is 0. The van der Waals surface area contributed by atoms with Gasteiger partial charge in [0.15, 0.2) is 11.5 Å². The van der Waals surface area contributed by atoms with E-state index in [1.54, 1.807) is 72.8 Å². The lowest BCUT2D eigenvalue weighted by molar-refractivity contribution is -0.117. The van der Waals surface area contributed by atoms with Crippen molar-refractivity contribution in [2.75, 3.05) is 12.0 Å². The van der Waals surface area contributed by atoms with Crippen LogP contribution in [0.3, 0.4) is 0 Å². The van der Waals surface area contributed by atoms with Crippen LogP contribution < -0.4 is 15.4 Å². The largest absolute Gasteiger partial charge is 0.503 e. The highest BCUT2D eigenvalue weighted by Crippen LogP contribution is 2.42. The maximum atomic E-state index is 13.6. The number of ether oxygens (including phenoxy) is 1. The van der Waals surface area contributed by atoms with Crippen molar-refractivity contribution in [3.05, 3.63) is 138 Å². The first-order valence-corrected chi connectivity index (χ1v) is 11.3. The number of nitrogens with zero attached hydrogens (tertiary/aromatic N) is 1. The Morgan fingerprint density at radius 2 is 1.61 bits per heavy atom. The fraction of sp³-hybridized carbons (Fsp3) is 0.0667. The molecule has 0 aromatic heterocycles. The molecule has 0 radical (unpaired) electrons. The molecule has 0 spiro atoms. The number of anilines is 1. The van der Waals surface area contributed by atoms with Gasteiger partial charge in [-0.1, -0.05) is 67.3 Å². The summed E-state index contributed by atoms with van der Waals surface area (Å²) in [5, 5.41) is 10.9. The SMILES string of the molecule is C=C/C=C\C=C(/N)c1ccc(N2C(=O)C(O)=C(C(=O)c3ccc(OC)cc3)C2c2ccccc2)cc1. The van der Waals surface area contributed by atoms with Crippen molar-refractivity contribution < 1.29 is 19.4 Å². The Balaban J connectivity index is 1.75. The molecule has 1 aliphatic rings. The Bertz CT molecular complexity index is 1370. The van der Waals surface area contributed by atoms with Crippen LogP contribution in [0.25, 0.3) is 5.70 Å². The number of carbonyl (C=O) groups excluding carboxylic acids is 2. The van der Waals surface area contributed by atoms with Gasteiger partial charge in [-0.2, -0.15) is 0 Å². The fourth-order valence-corrected chi connectivity index (χ4v) is 4.10. The second kappa shape index (κ2) is 10.6. The molecule has 1 heterocycles.